The molecule has 2 unspecified atom stereocenters. The van der Waals surface area contributed by atoms with Crippen molar-refractivity contribution in [3.63, 3.8) is 0 Å². The molecule has 1 spiro atoms. The highest BCUT2D eigenvalue weighted by atomic mass is 14.8. The third kappa shape index (κ3) is 3.27. The van der Waals surface area contributed by atoms with Gasteiger partial charge in [0.2, 0.25) is 0 Å². The van der Waals surface area contributed by atoms with Gasteiger partial charge < -0.3 is 0 Å². The Morgan fingerprint density at radius 1 is 0.800 bits per heavy atom. The molecule has 186 valence electrons. The average molecular weight is 469 g/mol. The van der Waals surface area contributed by atoms with Gasteiger partial charge in [0.1, 0.15) is 0 Å². The maximum Gasteiger partial charge on any atom is 0.0506 e. The molecule has 0 aromatic carbocycles. The molecular formula is C33H44N2. The van der Waals surface area contributed by atoms with Gasteiger partial charge in [-0.3, -0.25) is 9.97 Å². The van der Waals surface area contributed by atoms with Gasteiger partial charge in [0, 0.05) is 28.4 Å². The average Bonchev–Trinajstić information content (AvgIpc) is 3.55. The van der Waals surface area contributed by atoms with Gasteiger partial charge in [-0.15, -0.1) is 0 Å². The van der Waals surface area contributed by atoms with E-state index < -0.39 is 0 Å². The third-order valence-corrected chi connectivity index (χ3v) is 10.5. The van der Waals surface area contributed by atoms with Crippen LogP contribution in [-0.2, 0) is 48.3 Å². The Bertz CT molecular complexity index is 1240. The Morgan fingerprint density at radius 3 is 2.11 bits per heavy atom. The largest absolute Gasteiger partial charge is 0.257 e. The second-order valence-electron chi connectivity index (χ2n) is 14.5. The summed E-state index contributed by atoms with van der Waals surface area (Å²) in [4.78, 5) is 10.7. The molecule has 2 heterocycles. The first-order valence-corrected chi connectivity index (χ1v) is 14.7. The minimum absolute atomic E-state index is 0.214. The Morgan fingerprint density at radius 2 is 1.46 bits per heavy atom. The quantitative estimate of drug-likeness (QED) is 0.464. The molecule has 0 radical (unpaired) electrons. The fourth-order valence-electron chi connectivity index (χ4n) is 8.99. The zero-order chi connectivity index (χ0) is 24.3. The molecule has 5 aliphatic carbocycles. The lowest BCUT2D eigenvalue weighted by Gasteiger charge is -2.32. The van der Waals surface area contributed by atoms with Crippen LogP contribution in [0.3, 0.4) is 0 Å². The van der Waals surface area contributed by atoms with Crippen molar-refractivity contribution in [2.75, 3.05) is 0 Å². The van der Waals surface area contributed by atoms with Crippen molar-refractivity contribution in [2.24, 2.45) is 5.92 Å². The molecule has 0 aliphatic heterocycles. The van der Waals surface area contributed by atoms with Crippen LogP contribution in [0.25, 0.3) is 0 Å². The second-order valence-corrected chi connectivity index (χ2v) is 14.5. The molecule has 2 atom stereocenters. The van der Waals surface area contributed by atoms with Crippen molar-refractivity contribution < 1.29 is 0 Å². The van der Waals surface area contributed by atoms with Gasteiger partial charge in [0.25, 0.3) is 0 Å². The molecule has 5 aliphatic rings. The minimum atomic E-state index is 0.214. The zero-order valence-corrected chi connectivity index (χ0v) is 23.0. The SMILES string of the molecule is Cc1c(C2CC2)nc2c(c1C(C)(C)CC1CC13CCc1c3nc3c(c1C(C)(C)C)CCC3)CCC2. The highest BCUT2D eigenvalue weighted by Gasteiger charge is 2.61. The smallest absolute Gasteiger partial charge is 0.0506 e. The van der Waals surface area contributed by atoms with Gasteiger partial charge in [-0.05, 0) is 134 Å². The summed E-state index contributed by atoms with van der Waals surface area (Å²) >= 11 is 0. The third-order valence-electron chi connectivity index (χ3n) is 10.5. The summed E-state index contributed by atoms with van der Waals surface area (Å²) < 4.78 is 0. The van der Waals surface area contributed by atoms with Crippen LogP contribution in [0, 0.1) is 12.8 Å². The van der Waals surface area contributed by atoms with Crippen molar-refractivity contribution in [3.8, 4) is 0 Å². The van der Waals surface area contributed by atoms with Gasteiger partial charge in [0.15, 0.2) is 0 Å². The topological polar surface area (TPSA) is 25.8 Å². The van der Waals surface area contributed by atoms with Gasteiger partial charge in [-0.25, -0.2) is 0 Å². The standard InChI is InChI=1S/C33H44N2/c1-19-27(22-9-7-11-25(22)34-29(19)20-13-14-20)32(5,6)17-21-18-33(21)16-15-24-28(31(2,3)4)23-10-8-12-26(23)35-30(24)33/h20-21H,7-18H2,1-6H3. The van der Waals surface area contributed by atoms with Crippen molar-refractivity contribution in [3.05, 3.63) is 56.2 Å². The highest BCUT2D eigenvalue weighted by molar-refractivity contribution is 5.54. The van der Waals surface area contributed by atoms with Crippen molar-refractivity contribution in [1.29, 1.82) is 0 Å². The number of nitrogens with zero attached hydrogens (tertiary/aromatic N) is 2. The van der Waals surface area contributed by atoms with E-state index in [9.17, 15) is 0 Å². The second kappa shape index (κ2) is 7.20. The summed E-state index contributed by atoms with van der Waals surface area (Å²) in [5, 5.41) is 0. The van der Waals surface area contributed by atoms with Gasteiger partial charge in [-0.2, -0.15) is 0 Å². The molecule has 2 aromatic heterocycles. The van der Waals surface area contributed by atoms with E-state index >= 15 is 0 Å². The van der Waals surface area contributed by atoms with E-state index in [1.54, 1.807) is 39.1 Å². The Balaban J connectivity index is 1.25. The van der Waals surface area contributed by atoms with Crippen LogP contribution < -0.4 is 0 Å². The van der Waals surface area contributed by atoms with Crippen molar-refractivity contribution >= 4 is 0 Å². The first-order chi connectivity index (χ1) is 16.6. The Hall–Kier alpha value is -1.70. The zero-order valence-electron chi connectivity index (χ0n) is 23.0. The van der Waals surface area contributed by atoms with E-state index in [0.717, 1.165) is 11.8 Å². The molecule has 0 N–H and O–H groups in total. The monoisotopic (exact) mass is 468 g/mol. The summed E-state index contributed by atoms with van der Waals surface area (Å²) in [7, 11) is 0. The van der Waals surface area contributed by atoms with Crippen molar-refractivity contribution in [1.82, 2.24) is 9.97 Å². The maximum absolute atomic E-state index is 5.49. The number of aryl methyl sites for hydroxylation is 2. The van der Waals surface area contributed by atoms with E-state index in [-0.39, 0.29) is 10.8 Å². The molecule has 0 amide bonds. The lowest BCUT2D eigenvalue weighted by atomic mass is 9.73. The van der Waals surface area contributed by atoms with Gasteiger partial charge >= 0.3 is 0 Å². The van der Waals surface area contributed by atoms with Crippen LogP contribution in [0.15, 0.2) is 0 Å². The number of hydrogen-bond acceptors (Lipinski definition) is 2. The summed E-state index contributed by atoms with van der Waals surface area (Å²) in [6, 6.07) is 0. The van der Waals surface area contributed by atoms with Crippen molar-refractivity contribution in [2.45, 2.75) is 141 Å². The van der Waals surface area contributed by atoms with E-state index in [1.165, 1.54) is 94.1 Å². The van der Waals surface area contributed by atoms with Crippen LogP contribution in [0.5, 0.6) is 0 Å². The van der Waals surface area contributed by atoms with Gasteiger partial charge in [0.05, 0.1) is 5.69 Å². The van der Waals surface area contributed by atoms with Crippen LogP contribution in [-0.4, -0.2) is 9.97 Å². The molecule has 0 saturated heterocycles. The predicted octanol–water partition coefficient (Wildman–Crippen LogP) is 7.51. The molecule has 7 rings (SSSR count). The lowest BCUT2D eigenvalue weighted by Crippen LogP contribution is -2.25. The molecule has 35 heavy (non-hydrogen) atoms. The molecule has 0 bridgehead atoms. The molecule has 2 heteroatoms. The van der Waals surface area contributed by atoms with Gasteiger partial charge in [-0.1, -0.05) is 34.6 Å². The van der Waals surface area contributed by atoms with Crippen LogP contribution in [0.2, 0.25) is 0 Å². The lowest BCUT2D eigenvalue weighted by molar-refractivity contribution is 0.409. The van der Waals surface area contributed by atoms with E-state index in [0.29, 0.717) is 5.41 Å². The number of fused-ring (bicyclic) bond motifs is 4. The number of hydrogen-bond donors (Lipinski definition) is 0. The van der Waals surface area contributed by atoms with Crippen LogP contribution in [0.4, 0.5) is 0 Å². The minimum Gasteiger partial charge on any atom is -0.257 e. The fraction of sp³-hybridized carbons (Fsp3) is 0.697. The molecular weight excluding hydrogens is 424 g/mol. The first kappa shape index (κ1) is 22.5. The normalized spacial score (nSPS) is 26.9. The summed E-state index contributed by atoms with van der Waals surface area (Å²) in [5.74, 6) is 1.53. The maximum atomic E-state index is 5.49. The summed E-state index contributed by atoms with van der Waals surface area (Å²) in [5.41, 5.74) is 16.6. The summed E-state index contributed by atoms with van der Waals surface area (Å²) in [6.07, 6.45) is 15.4. The number of pyridine rings is 2. The van der Waals surface area contributed by atoms with Crippen LogP contribution in [0.1, 0.15) is 142 Å². The molecule has 2 aromatic rings. The molecule has 2 nitrogen and oxygen atoms in total. The Kier molecular flexibility index (Phi) is 4.63. The number of aromatic nitrogens is 2. The van der Waals surface area contributed by atoms with E-state index in [4.69, 9.17) is 9.97 Å². The van der Waals surface area contributed by atoms with E-state index in [1.807, 2.05) is 0 Å². The van der Waals surface area contributed by atoms with Crippen LogP contribution >= 0.6 is 0 Å². The number of rotatable bonds is 4. The summed E-state index contributed by atoms with van der Waals surface area (Å²) in [6.45, 7) is 14.8. The highest BCUT2D eigenvalue weighted by Crippen LogP contribution is 2.65. The van der Waals surface area contributed by atoms with E-state index in [2.05, 4.69) is 41.5 Å². The fourth-order valence-corrected chi connectivity index (χ4v) is 8.99. The molecule has 2 fully saturated rings. The first-order valence-electron chi connectivity index (χ1n) is 14.7. The predicted molar refractivity (Wildman–Crippen MR) is 144 cm³/mol. The molecule has 2 saturated carbocycles. The Labute approximate surface area is 212 Å².